The lowest BCUT2D eigenvalue weighted by molar-refractivity contribution is 0.0956. The van der Waals surface area contributed by atoms with Gasteiger partial charge in [0.25, 0.3) is 5.91 Å². The lowest BCUT2D eigenvalue weighted by Crippen LogP contribution is -2.25. The van der Waals surface area contributed by atoms with Crippen LogP contribution in [-0.4, -0.2) is 28.2 Å². The van der Waals surface area contributed by atoms with E-state index in [2.05, 4.69) is 43.3 Å². The molecule has 0 radical (unpaired) electrons. The van der Waals surface area contributed by atoms with Gasteiger partial charge in [-0.1, -0.05) is 0 Å². The van der Waals surface area contributed by atoms with Crippen molar-refractivity contribution in [2.24, 2.45) is 0 Å². The van der Waals surface area contributed by atoms with Crippen molar-refractivity contribution in [3.63, 3.8) is 0 Å². The Balaban J connectivity index is 1.43. The molecule has 0 saturated carbocycles. The first-order chi connectivity index (χ1) is 10.7. The number of amides is 1. The molecule has 4 nitrogen and oxygen atoms in total. The molecule has 0 atom stereocenters. The largest absolute Gasteiger partial charge is 0.351 e. The highest BCUT2D eigenvalue weighted by Crippen LogP contribution is 2.25. The topological polar surface area (TPSA) is 57.8 Å². The monoisotopic (exact) mass is 395 g/mol. The van der Waals surface area contributed by atoms with E-state index in [1.54, 1.807) is 23.7 Å². The number of carbonyl (C=O) groups is 1. The predicted octanol–water partition coefficient (Wildman–Crippen LogP) is 4.05. The van der Waals surface area contributed by atoms with Crippen LogP contribution < -0.4 is 5.32 Å². The first-order valence-electron chi connectivity index (χ1n) is 6.76. The number of thioether (sulfide) groups is 1. The minimum Gasteiger partial charge on any atom is -0.351 e. The second-order valence-electron chi connectivity index (χ2n) is 4.65. The van der Waals surface area contributed by atoms with E-state index in [4.69, 9.17) is 0 Å². The van der Waals surface area contributed by atoms with Gasteiger partial charge in [-0.2, -0.15) is 11.8 Å². The minimum atomic E-state index is -0.0454. The van der Waals surface area contributed by atoms with E-state index in [-0.39, 0.29) is 5.91 Å². The van der Waals surface area contributed by atoms with Crippen LogP contribution in [0.2, 0.25) is 0 Å². The molecule has 0 aliphatic rings. The maximum atomic E-state index is 12.1. The van der Waals surface area contributed by atoms with E-state index in [0.717, 1.165) is 26.3 Å². The van der Waals surface area contributed by atoms with E-state index in [1.807, 2.05) is 23.9 Å². The number of imidazole rings is 1. The summed E-state index contributed by atoms with van der Waals surface area (Å²) in [4.78, 5) is 20.6. The van der Waals surface area contributed by atoms with Crippen LogP contribution in [0.3, 0.4) is 0 Å². The van der Waals surface area contributed by atoms with Crippen molar-refractivity contribution < 1.29 is 4.79 Å². The normalized spacial score (nSPS) is 11.0. The molecule has 114 valence electrons. The van der Waals surface area contributed by atoms with E-state index < -0.39 is 0 Å². The molecule has 22 heavy (non-hydrogen) atoms. The Labute approximate surface area is 144 Å². The first kappa shape index (κ1) is 15.6. The number of aromatic nitrogens is 2. The van der Waals surface area contributed by atoms with Gasteiger partial charge < -0.3 is 10.3 Å². The number of aromatic amines is 1. The highest BCUT2D eigenvalue weighted by Gasteiger charge is 2.06. The third kappa shape index (κ3) is 3.91. The fourth-order valence-corrected chi connectivity index (χ4v) is 4.47. The number of fused-ring (bicyclic) bond motifs is 1. The molecule has 0 bridgehead atoms. The summed E-state index contributed by atoms with van der Waals surface area (Å²) < 4.78 is 1.16. The number of halogens is 1. The van der Waals surface area contributed by atoms with Crippen LogP contribution in [-0.2, 0) is 5.75 Å². The van der Waals surface area contributed by atoms with Gasteiger partial charge in [0, 0.05) is 28.5 Å². The maximum absolute atomic E-state index is 12.1. The van der Waals surface area contributed by atoms with E-state index in [0.29, 0.717) is 12.1 Å². The molecule has 2 heterocycles. The SMILES string of the molecule is O=C(NCCSCc1ccc(Br)s1)c1ccc2nc[nH]c2c1. The molecule has 1 amide bonds. The average molecular weight is 396 g/mol. The zero-order valence-corrected chi connectivity index (χ0v) is 14.9. The number of rotatable bonds is 6. The highest BCUT2D eigenvalue weighted by atomic mass is 79.9. The van der Waals surface area contributed by atoms with Gasteiger partial charge >= 0.3 is 0 Å². The Hall–Kier alpha value is -1.31. The quantitative estimate of drug-likeness (QED) is 0.618. The number of benzene rings is 1. The predicted molar refractivity (Wildman–Crippen MR) is 96.6 cm³/mol. The minimum absolute atomic E-state index is 0.0454. The number of thiophene rings is 1. The molecule has 3 rings (SSSR count). The molecule has 0 saturated heterocycles. The zero-order valence-electron chi connectivity index (χ0n) is 11.6. The van der Waals surface area contributed by atoms with Crippen molar-refractivity contribution in [3.05, 3.63) is 50.9 Å². The third-order valence-corrected chi connectivity index (χ3v) is 5.90. The summed E-state index contributed by atoms with van der Waals surface area (Å²) in [5, 5.41) is 2.95. The van der Waals surface area contributed by atoms with Crippen LogP contribution in [0.5, 0.6) is 0 Å². The molecular formula is C15H14BrN3OS2. The van der Waals surface area contributed by atoms with Crippen molar-refractivity contribution in [2.45, 2.75) is 5.75 Å². The molecule has 0 fully saturated rings. The molecular weight excluding hydrogens is 382 g/mol. The Kier molecular flexibility index (Phi) is 5.17. The molecule has 7 heteroatoms. The lowest BCUT2D eigenvalue weighted by atomic mass is 10.2. The average Bonchev–Trinajstić information content (AvgIpc) is 3.14. The zero-order chi connectivity index (χ0) is 15.4. The van der Waals surface area contributed by atoms with Gasteiger partial charge in [0.15, 0.2) is 0 Å². The molecule has 0 unspecified atom stereocenters. The van der Waals surface area contributed by atoms with E-state index in [1.165, 1.54) is 4.88 Å². The van der Waals surface area contributed by atoms with Crippen molar-refractivity contribution in [1.29, 1.82) is 0 Å². The summed E-state index contributed by atoms with van der Waals surface area (Å²) in [5.41, 5.74) is 2.41. The van der Waals surface area contributed by atoms with Gasteiger partial charge in [-0.3, -0.25) is 4.79 Å². The molecule has 0 aliphatic heterocycles. The Morgan fingerprint density at radius 2 is 2.27 bits per heavy atom. The highest BCUT2D eigenvalue weighted by molar-refractivity contribution is 9.11. The van der Waals surface area contributed by atoms with Crippen LogP contribution >= 0.6 is 39.0 Å². The number of H-pyrrole nitrogens is 1. The third-order valence-electron chi connectivity index (χ3n) is 3.09. The summed E-state index contributed by atoms with van der Waals surface area (Å²) in [6, 6.07) is 9.67. The number of carbonyl (C=O) groups excluding carboxylic acids is 1. The van der Waals surface area contributed by atoms with Gasteiger partial charge in [0.1, 0.15) is 0 Å². The molecule has 3 aromatic rings. The summed E-state index contributed by atoms with van der Waals surface area (Å²) >= 11 is 7.03. The number of hydrogen-bond acceptors (Lipinski definition) is 4. The van der Waals surface area contributed by atoms with Crippen molar-refractivity contribution in [2.75, 3.05) is 12.3 Å². The second-order valence-corrected chi connectivity index (χ2v) is 8.30. The summed E-state index contributed by atoms with van der Waals surface area (Å²) in [5.74, 6) is 1.83. The van der Waals surface area contributed by atoms with Crippen LogP contribution in [0.1, 0.15) is 15.2 Å². The lowest BCUT2D eigenvalue weighted by Gasteiger charge is -2.05. The summed E-state index contributed by atoms with van der Waals surface area (Å²) in [6.07, 6.45) is 1.63. The van der Waals surface area contributed by atoms with Gasteiger partial charge in [-0.05, 0) is 46.3 Å². The van der Waals surface area contributed by atoms with Crippen molar-refractivity contribution in [3.8, 4) is 0 Å². The molecule has 1 aromatic carbocycles. The molecule has 2 aromatic heterocycles. The van der Waals surface area contributed by atoms with Crippen LogP contribution in [0.4, 0.5) is 0 Å². The first-order valence-corrected chi connectivity index (χ1v) is 9.52. The smallest absolute Gasteiger partial charge is 0.251 e. The van der Waals surface area contributed by atoms with E-state index >= 15 is 0 Å². The van der Waals surface area contributed by atoms with Crippen LogP contribution in [0.15, 0.2) is 40.4 Å². The molecule has 0 aliphatic carbocycles. The Morgan fingerprint density at radius 3 is 3.09 bits per heavy atom. The van der Waals surface area contributed by atoms with Gasteiger partial charge in [-0.25, -0.2) is 4.98 Å². The summed E-state index contributed by atoms with van der Waals surface area (Å²) in [7, 11) is 0. The fraction of sp³-hybridized carbons (Fsp3) is 0.200. The van der Waals surface area contributed by atoms with Crippen molar-refractivity contribution in [1.82, 2.24) is 15.3 Å². The van der Waals surface area contributed by atoms with Crippen molar-refractivity contribution >= 4 is 56.0 Å². The van der Waals surface area contributed by atoms with E-state index in [9.17, 15) is 4.79 Å². The Morgan fingerprint density at radius 1 is 1.36 bits per heavy atom. The standard InChI is InChI=1S/C15H14BrN3OS2/c16-14-4-2-11(22-14)8-21-6-5-17-15(20)10-1-3-12-13(7-10)19-9-18-12/h1-4,7,9H,5-6,8H2,(H,17,20)(H,18,19). The summed E-state index contributed by atoms with van der Waals surface area (Å²) in [6.45, 7) is 0.664. The number of hydrogen-bond donors (Lipinski definition) is 2. The fourth-order valence-electron chi connectivity index (χ4n) is 2.02. The number of nitrogens with zero attached hydrogens (tertiary/aromatic N) is 1. The maximum Gasteiger partial charge on any atom is 0.251 e. The molecule has 2 N–H and O–H groups in total. The van der Waals surface area contributed by atoms with Gasteiger partial charge in [-0.15, -0.1) is 11.3 Å². The number of nitrogens with one attached hydrogen (secondary N) is 2. The van der Waals surface area contributed by atoms with Crippen LogP contribution in [0, 0.1) is 0 Å². The molecule has 0 spiro atoms. The van der Waals surface area contributed by atoms with Gasteiger partial charge in [0.05, 0.1) is 21.1 Å². The Bertz CT molecular complexity index is 784. The van der Waals surface area contributed by atoms with Gasteiger partial charge in [0.2, 0.25) is 0 Å². The second kappa shape index (κ2) is 7.30. The van der Waals surface area contributed by atoms with Crippen LogP contribution in [0.25, 0.3) is 11.0 Å².